The SMILES string of the molecule is CCCCCCn1c(=N)c(C(=O)NCC2CCCO2)cc2c(=O)n3cccc(C)c3nc21. The van der Waals surface area contributed by atoms with Crippen molar-refractivity contribution in [3.8, 4) is 0 Å². The summed E-state index contributed by atoms with van der Waals surface area (Å²) in [5.41, 5.74) is 1.96. The number of rotatable bonds is 8. The lowest BCUT2D eigenvalue weighted by Gasteiger charge is -2.16. The summed E-state index contributed by atoms with van der Waals surface area (Å²) in [6.45, 7) is 5.72. The van der Waals surface area contributed by atoms with Crippen LogP contribution in [0.3, 0.4) is 0 Å². The van der Waals surface area contributed by atoms with E-state index in [4.69, 9.17) is 15.1 Å². The number of carbonyl (C=O) groups is 1. The van der Waals surface area contributed by atoms with Crippen LogP contribution in [0.2, 0.25) is 0 Å². The number of amides is 1. The van der Waals surface area contributed by atoms with Gasteiger partial charge in [-0.1, -0.05) is 32.3 Å². The Morgan fingerprint density at radius 3 is 2.91 bits per heavy atom. The standard InChI is InChI=1S/C24H31N5O3/c1-3-4-5-6-11-28-20(25)18(23(30)26-15-17-10-8-13-32-17)14-19-22(28)27-21-16(2)9-7-12-29(21)24(19)31/h7,9,12,14,17,25H,3-6,8,10-11,13,15H2,1-2H3,(H,26,30). The number of nitrogens with zero attached hydrogens (tertiary/aromatic N) is 3. The Hall–Kier alpha value is -3.00. The molecule has 2 N–H and O–H groups in total. The van der Waals surface area contributed by atoms with Gasteiger partial charge in [0.2, 0.25) is 0 Å². The number of ether oxygens (including phenoxy) is 1. The third-order valence-corrected chi connectivity index (χ3v) is 6.13. The maximum atomic E-state index is 13.3. The van der Waals surface area contributed by atoms with Crippen LogP contribution in [0.4, 0.5) is 0 Å². The van der Waals surface area contributed by atoms with Crippen LogP contribution in [0.5, 0.6) is 0 Å². The normalized spacial score (nSPS) is 16.1. The van der Waals surface area contributed by atoms with Crippen molar-refractivity contribution in [2.24, 2.45) is 0 Å². The third kappa shape index (κ3) is 4.32. The number of aromatic nitrogens is 3. The fourth-order valence-electron chi connectivity index (χ4n) is 4.29. The first kappa shape index (κ1) is 22.2. The summed E-state index contributed by atoms with van der Waals surface area (Å²) >= 11 is 0. The largest absolute Gasteiger partial charge is 0.376 e. The van der Waals surface area contributed by atoms with Crippen molar-refractivity contribution in [2.45, 2.75) is 65.0 Å². The summed E-state index contributed by atoms with van der Waals surface area (Å²) in [4.78, 5) is 31.1. The van der Waals surface area contributed by atoms with Crippen molar-refractivity contribution >= 4 is 22.6 Å². The zero-order valence-electron chi connectivity index (χ0n) is 18.8. The highest BCUT2D eigenvalue weighted by Gasteiger charge is 2.20. The lowest BCUT2D eigenvalue weighted by Crippen LogP contribution is -2.37. The molecule has 3 aromatic heterocycles. The van der Waals surface area contributed by atoms with Gasteiger partial charge in [-0.15, -0.1) is 0 Å². The van der Waals surface area contributed by atoms with E-state index in [0.29, 0.717) is 36.4 Å². The van der Waals surface area contributed by atoms with E-state index in [-0.39, 0.29) is 28.6 Å². The Bertz CT molecular complexity index is 1250. The zero-order valence-corrected chi connectivity index (χ0v) is 18.8. The minimum Gasteiger partial charge on any atom is -0.376 e. The first-order chi connectivity index (χ1) is 15.5. The Morgan fingerprint density at radius 2 is 2.16 bits per heavy atom. The van der Waals surface area contributed by atoms with Crippen molar-refractivity contribution in [1.82, 2.24) is 19.3 Å². The van der Waals surface area contributed by atoms with Gasteiger partial charge in [0.25, 0.3) is 11.5 Å². The second-order valence-corrected chi connectivity index (χ2v) is 8.50. The molecule has 1 amide bonds. The van der Waals surface area contributed by atoms with E-state index in [1.807, 2.05) is 19.1 Å². The molecule has 0 radical (unpaired) electrons. The highest BCUT2D eigenvalue weighted by Crippen LogP contribution is 2.15. The van der Waals surface area contributed by atoms with Crippen LogP contribution in [0, 0.1) is 12.3 Å². The van der Waals surface area contributed by atoms with Gasteiger partial charge < -0.3 is 14.6 Å². The summed E-state index contributed by atoms with van der Waals surface area (Å²) in [5, 5.41) is 12.0. The molecule has 8 heteroatoms. The Labute approximate surface area is 186 Å². The van der Waals surface area contributed by atoms with Gasteiger partial charge in [-0.05, 0) is 43.9 Å². The van der Waals surface area contributed by atoms with Gasteiger partial charge in [0.05, 0.1) is 17.1 Å². The Balaban J connectivity index is 1.81. The predicted molar refractivity (Wildman–Crippen MR) is 123 cm³/mol. The molecule has 1 aliphatic heterocycles. The monoisotopic (exact) mass is 437 g/mol. The fraction of sp³-hybridized carbons (Fsp3) is 0.500. The van der Waals surface area contributed by atoms with E-state index >= 15 is 0 Å². The van der Waals surface area contributed by atoms with Gasteiger partial charge in [0.15, 0.2) is 0 Å². The van der Waals surface area contributed by atoms with Crippen molar-refractivity contribution in [1.29, 1.82) is 5.41 Å². The molecule has 0 aromatic carbocycles. The molecule has 4 rings (SSSR count). The van der Waals surface area contributed by atoms with E-state index in [9.17, 15) is 9.59 Å². The average molecular weight is 438 g/mol. The maximum absolute atomic E-state index is 13.3. The molecule has 8 nitrogen and oxygen atoms in total. The second kappa shape index (κ2) is 9.65. The minimum atomic E-state index is -0.358. The molecule has 1 saturated heterocycles. The second-order valence-electron chi connectivity index (χ2n) is 8.50. The first-order valence-corrected chi connectivity index (χ1v) is 11.5. The zero-order chi connectivity index (χ0) is 22.7. The van der Waals surface area contributed by atoms with Crippen LogP contribution in [-0.4, -0.2) is 39.1 Å². The van der Waals surface area contributed by atoms with Crippen molar-refractivity contribution in [2.75, 3.05) is 13.2 Å². The lowest BCUT2D eigenvalue weighted by atomic mass is 10.1. The van der Waals surface area contributed by atoms with Gasteiger partial charge in [-0.25, -0.2) is 4.98 Å². The minimum absolute atomic E-state index is 0.00830. The van der Waals surface area contributed by atoms with E-state index in [0.717, 1.165) is 44.1 Å². The quantitative estimate of drug-likeness (QED) is 0.418. The van der Waals surface area contributed by atoms with Crippen molar-refractivity contribution in [3.63, 3.8) is 0 Å². The van der Waals surface area contributed by atoms with E-state index in [2.05, 4.69) is 12.2 Å². The molecular weight excluding hydrogens is 406 g/mol. The van der Waals surface area contributed by atoms with Crippen LogP contribution >= 0.6 is 0 Å². The van der Waals surface area contributed by atoms with Crippen LogP contribution in [0.1, 0.15) is 61.4 Å². The summed E-state index contributed by atoms with van der Waals surface area (Å²) in [5.74, 6) is -0.358. The van der Waals surface area contributed by atoms with Crippen LogP contribution in [-0.2, 0) is 11.3 Å². The van der Waals surface area contributed by atoms with E-state index in [1.54, 1.807) is 10.8 Å². The molecule has 32 heavy (non-hydrogen) atoms. The number of aryl methyl sites for hydroxylation is 2. The predicted octanol–water partition coefficient (Wildman–Crippen LogP) is 2.93. The summed E-state index contributed by atoms with van der Waals surface area (Å²) in [7, 11) is 0. The van der Waals surface area contributed by atoms with Crippen molar-refractivity contribution in [3.05, 3.63) is 51.4 Å². The highest BCUT2D eigenvalue weighted by atomic mass is 16.5. The first-order valence-electron chi connectivity index (χ1n) is 11.5. The molecule has 1 aliphatic rings. The number of hydrogen-bond acceptors (Lipinski definition) is 5. The van der Waals surface area contributed by atoms with Crippen LogP contribution in [0.15, 0.2) is 29.2 Å². The summed E-state index contributed by atoms with van der Waals surface area (Å²) < 4.78 is 8.82. The molecule has 0 spiro atoms. The smallest absolute Gasteiger partial charge is 0.267 e. The molecule has 170 valence electrons. The van der Waals surface area contributed by atoms with Crippen LogP contribution < -0.4 is 16.4 Å². The van der Waals surface area contributed by atoms with Crippen molar-refractivity contribution < 1.29 is 9.53 Å². The molecule has 0 saturated carbocycles. The number of pyridine rings is 2. The lowest BCUT2D eigenvalue weighted by molar-refractivity contribution is 0.0855. The fourth-order valence-corrected chi connectivity index (χ4v) is 4.29. The maximum Gasteiger partial charge on any atom is 0.267 e. The number of unbranched alkanes of at least 4 members (excludes halogenated alkanes) is 3. The van der Waals surface area contributed by atoms with Gasteiger partial charge in [0.1, 0.15) is 16.8 Å². The number of carbonyl (C=O) groups excluding carboxylic acids is 1. The Kier molecular flexibility index (Phi) is 6.69. The number of nitrogens with one attached hydrogen (secondary N) is 2. The van der Waals surface area contributed by atoms with Gasteiger partial charge >= 0.3 is 0 Å². The molecular formula is C24H31N5O3. The number of hydrogen-bond donors (Lipinski definition) is 2. The highest BCUT2D eigenvalue weighted by molar-refractivity contribution is 5.96. The van der Waals surface area contributed by atoms with Gasteiger partial charge in [-0.2, -0.15) is 0 Å². The number of fused-ring (bicyclic) bond motifs is 2. The van der Waals surface area contributed by atoms with E-state index < -0.39 is 0 Å². The molecule has 1 atom stereocenters. The average Bonchev–Trinajstić information content (AvgIpc) is 3.31. The van der Waals surface area contributed by atoms with E-state index in [1.165, 1.54) is 10.5 Å². The van der Waals surface area contributed by atoms with Gasteiger partial charge in [-0.3, -0.25) is 19.4 Å². The molecule has 0 aliphatic carbocycles. The molecule has 3 aromatic rings. The van der Waals surface area contributed by atoms with Gasteiger partial charge in [0, 0.05) is 25.9 Å². The molecule has 0 bridgehead atoms. The molecule has 1 unspecified atom stereocenters. The topological polar surface area (TPSA) is 101 Å². The third-order valence-electron chi connectivity index (χ3n) is 6.13. The molecule has 1 fully saturated rings. The van der Waals surface area contributed by atoms with Crippen LogP contribution in [0.25, 0.3) is 16.7 Å². The Morgan fingerprint density at radius 1 is 1.31 bits per heavy atom. The summed E-state index contributed by atoms with van der Waals surface area (Å²) in [6, 6.07) is 5.24. The molecule has 4 heterocycles. The summed E-state index contributed by atoms with van der Waals surface area (Å²) in [6.07, 6.45) is 7.69.